The summed E-state index contributed by atoms with van der Waals surface area (Å²) in [6.07, 6.45) is 21.5. The zero-order valence-corrected chi connectivity index (χ0v) is 24.5. The monoisotopic (exact) mass is 523 g/mol. The number of ketones is 1. The SMILES string of the molecule is CCCCCCCCCCCCCCCCCC(=O)c1c(Cc2ccccc2)c(CCC(=O)O)n(C)c1C. The average molecular weight is 524 g/mol. The van der Waals surface area contributed by atoms with Crippen molar-refractivity contribution < 1.29 is 14.7 Å². The number of carboxylic acids is 1. The molecule has 0 atom stereocenters. The first-order valence-corrected chi connectivity index (χ1v) is 15.4. The number of hydrogen-bond acceptors (Lipinski definition) is 2. The maximum absolute atomic E-state index is 13.4. The van der Waals surface area contributed by atoms with Gasteiger partial charge in [0.15, 0.2) is 5.78 Å². The van der Waals surface area contributed by atoms with Gasteiger partial charge in [-0.2, -0.15) is 0 Å². The van der Waals surface area contributed by atoms with E-state index in [2.05, 4.69) is 19.1 Å². The zero-order chi connectivity index (χ0) is 27.6. The third kappa shape index (κ3) is 11.6. The highest BCUT2D eigenvalue weighted by atomic mass is 16.4. The largest absolute Gasteiger partial charge is 0.481 e. The van der Waals surface area contributed by atoms with Crippen molar-refractivity contribution in [2.45, 2.75) is 136 Å². The van der Waals surface area contributed by atoms with Crippen LogP contribution in [0.2, 0.25) is 0 Å². The lowest BCUT2D eigenvalue weighted by Crippen LogP contribution is -2.06. The molecule has 1 heterocycles. The van der Waals surface area contributed by atoms with Gasteiger partial charge in [-0.25, -0.2) is 0 Å². The van der Waals surface area contributed by atoms with E-state index in [1.165, 1.54) is 83.5 Å². The van der Waals surface area contributed by atoms with E-state index >= 15 is 0 Å². The summed E-state index contributed by atoms with van der Waals surface area (Å²) in [5.41, 5.74) is 4.93. The molecule has 2 rings (SSSR count). The minimum atomic E-state index is -0.805. The van der Waals surface area contributed by atoms with E-state index in [-0.39, 0.29) is 12.2 Å². The van der Waals surface area contributed by atoms with Gasteiger partial charge in [0.2, 0.25) is 0 Å². The molecule has 1 N–H and O–H groups in total. The van der Waals surface area contributed by atoms with Crippen molar-refractivity contribution in [3.8, 4) is 0 Å². The number of benzene rings is 1. The van der Waals surface area contributed by atoms with Gasteiger partial charge in [-0.15, -0.1) is 0 Å². The van der Waals surface area contributed by atoms with Crippen LogP contribution < -0.4 is 0 Å². The second kappa shape index (κ2) is 18.8. The van der Waals surface area contributed by atoms with E-state index in [1.54, 1.807) is 0 Å². The molecule has 0 saturated carbocycles. The first-order chi connectivity index (χ1) is 18.5. The first kappa shape index (κ1) is 31.9. The third-order valence-corrected chi connectivity index (χ3v) is 8.01. The number of carboxylic acid groups (broad SMARTS) is 1. The fourth-order valence-electron chi connectivity index (χ4n) is 5.62. The molecule has 0 aliphatic heterocycles. The smallest absolute Gasteiger partial charge is 0.303 e. The summed E-state index contributed by atoms with van der Waals surface area (Å²) in [5, 5.41) is 9.26. The Morgan fingerprint density at radius 2 is 1.24 bits per heavy atom. The molecular formula is C34H53NO3. The Bertz CT molecular complexity index is 944. The van der Waals surface area contributed by atoms with Gasteiger partial charge in [-0.1, -0.05) is 127 Å². The lowest BCUT2D eigenvalue weighted by molar-refractivity contribution is -0.137. The number of rotatable bonds is 22. The Kier molecular flexibility index (Phi) is 15.8. The Morgan fingerprint density at radius 1 is 0.737 bits per heavy atom. The summed E-state index contributed by atoms with van der Waals surface area (Å²) >= 11 is 0. The Labute approximate surface area is 232 Å². The summed E-state index contributed by atoms with van der Waals surface area (Å²) in [5.74, 6) is -0.597. The molecule has 4 nitrogen and oxygen atoms in total. The molecule has 0 unspecified atom stereocenters. The highest BCUT2D eigenvalue weighted by Crippen LogP contribution is 2.28. The van der Waals surface area contributed by atoms with E-state index in [1.807, 2.05) is 36.7 Å². The average Bonchev–Trinajstić information content (AvgIpc) is 3.14. The lowest BCUT2D eigenvalue weighted by atomic mass is 9.94. The van der Waals surface area contributed by atoms with Crippen molar-refractivity contribution in [2.75, 3.05) is 0 Å². The predicted molar refractivity (Wildman–Crippen MR) is 159 cm³/mol. The molecule has 0 radical (unpaired) electrons. The van der Waals surface area contributed by atoms with Gasteiger partial charge in [0, 0.05) is 30.4 Å². The van der Waals surface area contributed by atoms with Crippen molar-refractivity contribution in [3.63, 3.8) is 0 Å². The fourth-order valence-corrected chi connectivity index (χ4v) is 5.62. The van der Waals surface area contributed by atoms with Crippen LogP contribution in [-0.4, -0.2) is 21.4 Å². The van der Waals surface area contributed by atoms with Crippen LogP contribution in [0.5, 0.6) is 0 Å². The first-order valence-electron chi connectivity index (χ1n) is 15.4. The van der Waals surface area contributed by atoms with Crippen LogP contribution in [-0.2, 0) is 24.7 Å². The standard InChI is InChI=1S/C34H53NO3/c1-4-5-6-7-8-9-10-11-12-13-14-15-16-17-21-24-32(36)34-28(2)35(3)31(25-26-33(37)38)30(34)27-29-22-19-18-20-23-29/h18-20,22-23H,4-17,21,24-27H2,1-3H3,(H,37,38). The number of nitrogens with zero attached hydrogens (tertiary/aromatic N) is 1. The number of Topliss-reactive ketones (excluding diaryl/α,β-unsaturated/α-hetero) is 1. The number of aliphatic carboxylic acids is 1. The van der Waals surface area contributed by atoms with Crippen molar-refractivity contribution in [1.29, 1.82) is 0 Å². The Hall–Kier alpha value is -2.36. The number of unbranched alkanes of at least 4 members (excludes halogenated alkanes) is 14. The summed E-state index contributed by atoms with van der Waals surface area (Å²) < 4.78 is 2.04. The van der Waals surface area contributed by atoms with E-state index in [0.717, 1.165) is 40.9 Å². The number of hydrogen-bond donors (Lipinski definition) is 1. The topological polar surface area (TPSA) is 59.3 Å². The molecule has 0 bridgehead atoms. The number of carbonyl (C=O) groups is 2. The number of carbonyl (C=O) groups excluding carboxylic acids is 1. The maximum Gasteiger partial charge on any atom is 0.303 e. The summed E-state index contributed by atoms with van der Waals surface area (Å²) in [6, 6.07) is 10.2. The number of aromatic nitrogens is 1. The van der Waals surface area contributed by atoms with Crippen molar-refractivity contribution in [2.24, 2.45) is 7.05 Å². The maximum atomic E-state index is 13.4. The second-order valence-electron chi connectivity index (χ2n) is 11.1. The molecule has 1 aromatic heterocycles. The Morgan fingerprint density at radius 3 is 1.74 bits per heavy atom. The van der Waals surface area contributed by atoms with Gasteiger partial charge in [0.1, 0.15) is 0 Å². The van der Waals surface area contributed by atoms with Crippen LogP contribution in [0.25, 0.3) is 0 Å². The molecule has 2 aromatic rings. The normalized spacial score (nSPS) is 11.2. The molecule has 0 fully saturated rings. The van der Waals surface area contributed by atoms with Crippen LogP contribution in [0.15, 0.2) is 30.3 Å². The fraction of sp³-hybridized carbons (Fsp3) is 0.647. The minimum Gasteiger partial charge on any atom is -0.481 e. The van der Waals surface area contributed by atoms with Crippen LogP contribution in [0.1, 0.15) is 149 Å². The molecule has 0 saturated heterocycles. The van der Waals surface area contributed by atoms with E-state index < -0.39 is 5.97 Å². The van der Waals surface area contributed by atoms with Crippen LogP contribution >= 0.6 is 0 Å². The predicted octanol–water partition coefficient (Wildman–Crippen LogP) is 9.39. The van der Waals surface area contributed by atoms with Gasteiger partial charge < -0.3 is 9.67 Å². The molecule has 0 aliphatic rings. The summed E-state index contributed by atoms with van der Waals surface area (Å²) in [6.45, 7) is 4.27. The molecule has 1 aromatic carbocycles. The van der Waals surface area contributed by atoms with Crippen molar-refractivity contribution in [3.05, 3.63) is 58.4 Å². The van der Waals surface area contributed by atoms with E-state index in [9.17, 15) is 14.7 Å². The van der Waals surface area contributed by atoms with E-state index in [4.69, 9.17) is 0 Å². The molecule has 0 spiro atoms. The van der Waals surface area contributed by atoms with Gasteiger partial charge in [0.05, 0.1) is 6.42 Å². The molecular weight excluding hydrogens is 470 g/mol. The zero-order valence-electron chi connectivity index (χ0n) is 24.5. The van der Waals surface area contributed by atoms with Crippen LogP contribution in [0, 0.1) is 6.92 Å². The van der Waals surface area contributed by atoms with Crippen molar-refractivity contribution >= 4 is 11.8 Å². The molecule has 212 valence electrons. The third-order valence-electron chi connectivity index (χ3n) is 8.01. The highest BCUT2D eigenvalue weighted by Gasteiger charge is 2.23. The molecule has 0 amide bonds. The van der Waals surface area contributed by atoms with Gasteiger partial charge in [-0.3, -0.25) is 9.59 Å². The highest BCUT2D eigenvalue weighted by molar-refractivity contribution is 5.99. The van der Waals surface area contributed by atoms with Gasteiger partial charge in [0.25, 0.3) is 0 Å². The van der Waals surface area contributed by atoms with Gasteiger partial charge in [-0.05, 0) is 37.3 Å². The van der Waals surface area contributed by atoms with Crippen molar-refractivity contribution in [1.82, 2.24) is 4.57 Å². The summed E-state index contributed by atoms with van der Waals surface area (Å²) in [7, 11) is 1.96. The second-order valence-corrected chi connectivity index (χ2v) is 11.1. The van der Waals surface area contributed by atoms with Crippen LogP contribution in [0.4, 0.5) is 0 Å². The van der Waals surface area contributed by atoms with Gasteiger partial charge >= 0.3 is 5.97 Å². The lowest BCUT2D eigenvalue weighted by Gasteiger charge is -2.09. The molecule has 0 aliphatic carbocycles. The molecule has 38 heavy (non-hydrogen) atoms. The summed E-state index contributed by atoms with van der Waals surface area (Å²) in [4.78, 5) is 24.7. The van der Waals surface area contributed by atoms with Crippen LogP contribution in [0.3, 0.4) is 0 Å². The van der Waals surface area contributed by atoms with E-state index in [0.29, 0.717) is 19.3 Å². The quantitative estimate of drug-likeness (QED) is 0.123. The molecule has 4 heteroatoms. The minimum absolute atomic E-state index is 0.0752. The Balaban J connectivity index is 1.74.